The molecular formula is C13H20N2O2S. The maximum atomic E-state index is 12.0. The van der Waals surface area contributed by atoms with Gasteiger partial charge in [-0.1, -0.05) is 0 Å². The van der Waals surface area contributed by atoms with E-state index in [2.05, 4.69) is 10.6 Å². The molecule has 5 heteroatoms. The molecule has 0 aliphatic carbocycles. The van der Waals surface area contributed by atoms with Gasteiger partial charge in [-0.25, -0.2) is 0 Å². The molecule has 0 saturated carbocycles. The molecular weight excluding hydrogens is 248 g/mol. The fraction of sp³-hybridized carbons (Fsp3) is 0.462. The van der Waals surface area contributed by atoms with Crippen LogP contribution in [0.2, 0.25) is 0 Å². The van der Waals surface area contributed by atoms with Gasteiger partial charge in [-0.15, -0.1) is 0 Å². The van der Waals surface area contributed by atoms with E-state index in [0.29, 0.717) is 11.3 Å². The molecule has 2 unspecified atom stereocenters. The third kappa shape index (κ3) is 4.14. The van der Waals surface area contributed by atoms with Gasteiger partial charge in [0.05, 0.1) is 0 Å². The van der Waals surface area contributed by atoms with Crippen LogP contribution in [-0.2, 0) is 10.8 Å². The lowest BCUT2D eigenvalue weighted by molar-refractivity contribution is 0.0943. The van der Waals surface area contributed by atoms with E-state index in [4.69, 9.17) is 0 Å². The molecule has 0 fully saturated rings. The highest BCUT2D eigenvalue weighted by Gasteiger charge is 2.11. The summed E-state index contributed by atoms with van der Waals surface area (Å²) in [5.41, 5.74) is 2.66. The number of carbonyl (C=O) groups excluding carboxylic acids is 1. The first-order chi connectivity index (χ1) is 8.43. The largest absolute Gasteiger partial charge is 0.388 e. The van der Waals surface area contributed by atoms with E-state index >= 15 is 0 Å². The van der Waals surface area contributed by atoms with E-state index in [-0.39, 0.29) is 11.9 Å². The van der Waals surface area contributed by atoms with Gasteiger partial charge in [-0.3, -0.25) is 9.00 Å². The predicted octanol–water partition coefficient (Wildman–Crippen LogP) is 1.53. The summed E-state index contributed by atoms with van der Waals surface area (Å²) in [6.07, 6.45) is 1.63. The maximum Gasteiger partial charge on any atom is 0.251 e. The highest BCUT2D eigenvalue weighted by atomic mass is 32.2. The number of hydrogen-bond acceptors (Lipinski definition) is 3. The van der Waals surface area contributed by atoms with Gasteiger partial charge in [0.25, 0.3) is 5.91 Å². The Bertz CT molecular complexity index is 460. The van der Waals surface area contributed by atoms with Crippen LogP contribution in [0.15, 0.2) is 18.2 Å². The number of rotatable bonds is 5. The second kappa shape index (κ2) is 6.54. The second-order valence-corrected chi connectivity index (χ2v) is 5.87. The van der Waals surface area contributed by atoms with E-state index in [1.165, 1.54) is 0 Å². The van der Waals surface area contributed by atoms with Crippen molar-refractivity contribution in [2.75, 3.05) is 24.4 Å². The molecule has 0 saturated heterocycles. The molecule has 100 valence electrons. The Morgan fingerprint density at radius 3 is 2.61 bits per heavy atom. The van der Waals surface area contributed by atoms with Crippen molar-refractivity contribution < 1.29 is 9.00 Å². The SMILES string of the molecule is CNc1ccc(C(=O)NC(C)CS(C)=O)cc1C. The van der Waals surface area contributed by atoms with Crippen LogP contribution >= 0.6 is 0 Å². The minimum absolute atomic E-state index is 0.0902. The van der Waals surface area contributed by atoms with Gasteiger partial charge in [0.1, 0.15) is 0 Å². The third-order valence-electron chi connectivity index (χ3n) is 2.62. The Balaban J connectivity index is 2.72. The molecule has 0 aliphatic rings. The number of aryl methyl sites for hydroxylation is 1. The summed E-state index contributed by atoms with van der Waals surface area (Å²) in [4.78, 5) is 12.0. The number of nitrogens with one attached hydrogen (secondary N) is 2. The zero-order chi connectivity index (χ0) is 13.7. The Hall–Kier alpha value is -1.36. The van der Waals surface area contributed by atoms with Crippen LogP contribution < -0.4 is 10.6 Å². The minimum atomic E-state index is -0.903. The van der Waals surface area contributed by atoms with Crippen molar-refractivity contribution >= 4 is 22.4 Å². The normalized spacial score (nSPS) is 13.8. The lowest BCUT2D eigenvalue weighted by Gasteiger charge is -2.13. The minimum Gasteiger partial charge on any atom is -0.388 e. The van der Waals surface area contributed by atoms with Gasteiger partial charge < -0.3 is 10.6 Å². The number of carbonyl (C=O) groups is 1. The van der Waals surface area contributed by atoms with E-state index < -0.39 is 10.8 Å². The van der Waals surface area contributed by atoms with Crippen LogP contribution in [-0.4, -0.2) is 35.2 Å². The Morgan fingerprint density at radius 2 is 2.11 bits per heavy atom. The van der Waals surface area contributed by atoms with Crippen molar-refractivity contribution in [3.63, 3.8) is 0 Å². The van der Waals surface area contributed by atoms with Crippen molar-refractivity contribution in [3.8, 4) is 0 Å². The molecule has 0 heterocycles. The van der Waals surface area contributed by atoms with Crippen LogP contribution in [0, 0.1) is 6.92 Å². The number of benzene rings is 1. The first-order valence-electron chi connectivity index (χ1n) is 5.83. The monoisotopic (exact) mass is 268 g/mol. The smallest absolute Gasteiger partial charge is 0.251 e. The highest BCUT2D eigenvalue weighted by molar-refractivity contribution is 7.84. The van der Waals surface area contributed by atoms with Crippen molar-refractivity contribution in [1.82, 2.24) is 5.32 Å². The molecule has 1 amide bonds. The zero-order valence-corrected chi connectivity index (χ0v) is 12.1. The summed E-state index contributed by atoms with van der Waals surface area (Å²) in [5.74, 6) is 0.345. The molecule has 1 rings (SSSR count). The van der Waals surface area contributed by atoms with Crippen LogP contribution in [0.4, 0.5) is 5.69 Å². The number of hydrogen-bond donors (Lipinski definition) is 2. The van der Waals surface area contributed by atoms with Crippen molar-refractivity contribution in [2.45, 2.75) is 19.9 Å². The first kappa shape index (κ1) is 14.7. The lowest BCUT2D eigenvalue weighted by atomic mass is 10.1. The van der Waals surface area contributed by atoms with E-state index in [0.717, 1.165) is 11.3 Å². The molecule has 1 aromatic rings. The first-order valence-corrected chi connectivity index (χ1v) is 7.56. The van der Waals surface area contributed by atoms with Gasteiger partial charge in [-0.2, -0.15) is 0 Å². The number of anilines is 1. The molecule has 0 spiro atoms. The molecule has 0 bridgehead atoms. The summed E-state index contributed by atoms with van der Waals surface area (Å²) >= 11 is 0. The van der Waals surface area contributed by atoms with Gasteiger partial charge in [0.15, 0.2) is 0 Å². The molecule has 1 aromatic carbocycles. The Morgan fingerprint density at radius 1 is 1.44 bits per heavy atom. The molecule has 18 heavy (non-hydrogen) atoms. The fourth-order valence-corrected chi connectivity index (χ4v) is 2.57. The summed E-state index contributed by atoms with van der Waals surface area (Å²) in [6, 6.07) is 5.42. The lowest BCUT2D eigenvalue weighted by Crippen LogP contribution is -2.36. The van der Waals surface area contributed by atoms with Crippen LogP contribution in [0.1, 0.15) is 22.8 Å². The standard InChI is InChI=1S/C13H20N2O2S/c1-9-7-11(5-6-12(9)14-3)13(16)15-10(2)8-18(4)17/h5-7,10,14H,8H2,1-4H3,(H,15,16). The van der Waals surface area contributed by atoms with Gasteiger partial charge in [0.2, 0.25) is 0 Å². The molecule has 4 nitrogen and oxygen atoms in total. The number of amides is 1. The molecule has 2 N–H and O–H groups in total. The molecule has 0 radical (unpaired) electrons. The van der Waals surface area contributed by atoms with Crippen LogP contribution in [0.3, 0.4) is 0 Å². The van der Waals surface area contributed by atoms with Crippen LogP contribution in [0.25, 0.3) is 0 Å². The van der Waals surface area contributed by atoms with Crippen LogP contribution in [0.5, 0.6) is 0 Å². The molecule has 0 aliphatic heterocycles. The van der Waals surface area contributed by atoms with E-state index in [1.54, 1.807) is 12.3 Å². The average molecular weight is 268 g/mol. The second-order valence-electron chi connectivity index (χ2n) is 4.39. The average Bonchev–Trinajstić information content (AvgIpc) is 2.27. The quantitative estimate of drug-likeness (QED) is 0.851. The summed E-state index contributed by atoms with van der Waals surface area (Å²) < 4.78 is 11.1. The van der Waals surface area contributed by atoms with E-state index in [1.807, 2.05) is 33.0 Å². The van der Waals surface area contributed by atoms with Gasteiger partial charge in [0, 0.05) is 47.1 Å². The van der Waals surface area contributed by atoms with Crippen molar-refractivity contribution in [1.29, 1.82) is 0 Å². The summed E-state index contributed by atoms with van der Waals surface area (Å²) in [6.45, 7) is 3.81. The molecule has 0 aromatic heterocycles. The third-order valence-corrected chi connectivity index (χ3v) is 3.59. The van der Waals surface area contributed by atoms with E-state index in [9.17, 15) is 9.00 Å². The summed E-state index contributed by atoms with van der Waals surface area (Å²) in [7, 11) is 0.945. The predicted molar refractivity (Wildman–Crippen MR) is 76.6 cm³/mol. The maximum absolute atomic E-state index is 12.0. The fourth-order valence-electron chi connectivity index (χ4n) is 1.79. The van der Waals surface area contributed by atoms with Gasteiger partial charge >= 0.3 is 0 Å². The Labute approximate surface area is 111 Å². The van der Waals surface area contributed by atoms with Gasteiger partial charge in [-0.05, 0) is 37.6 Å². The Kier molecular flexibility index (Phi) is 5.34. The summed E-state index contributed by atoms with van der Waals surface area (Å²) in [5, 5.41) is 5.90. The topological polar surface area (TPSA) is 58.2 Å². The highest BCUT2D eigenvalue weighted by Crippen LogP contribution is 2.15. The molecule has 2 atom stereocenters. The zero-order valence-electron chi connectivity index (χ0n) is 11.2. The van der Waals surface area contributed by atoms with Crippen molar-refractivity contribution in [2.24, 2.45) is 0 Å². The van der Waals surface area contributed by atoms with Crippen molar-refractivity contribution in [3.05, 3.63) is 29.3 Å².